The average Bonchev–Trinajstić information content (AvgIpc) is 2.39. The molecule has 1 rings (SSSR count). The summed E-state index contributed by atoms with van der Waals surface area (Å²) in [6, 6.07) is 8.21. The van der Waals surface area contributed by atoms with Crippen LogP contribution in [0.25, 0.3) is 0 Å². The van der Waals surface area contributed by atoms with Gasteiger partial charge in [-0.2, -0.15) is 0 Å². The van der Waals surface area contributed by atoms with Gasteiger partial charge < -0.3 is 14.8 Å². The van der Waals surface area contributed by atoms with E-state index in [0.717, 1.165) is 11.3 Å². The molecule has 0 heterocycles. The van der Waals surface area contributed by atoms with Crippen molar-refractivity contribution in [3.63, 3.8) is 0 Å². The molecular weight excluding hydrogens is 226 g/mol. The molecule has 0 saturated carbocycles. The predicted octanol–water partition coefficient (Wildman–Crippen LogP) is 3.02. The molecule has 0 aliphatic carbocycles. The van der Waals surface area contributed by atoms with Crippen molar-refractivity contribution in [1.29, 1.82) is 0 Å². The van der Waals surface area contributed by atoms with E-state index < -0.39 is 0 Å². The molecule has 1 N–H and O–H groups in total. The molecule has 0 fully saturated rings. The van der Waals surface area contributed by atoms with Gasteiger partial charge in [-0.1, -0.05) is 32.0 Å². The number of methoxy groups -OCH3 is 1. The van der Waals surface area contributed by atoms with Crippen LogP contribution in [0.1, 0.15) is 32.4 Å². The van der Waals surface area contributed by atoms with E-state index in [0.29, 0.717) is 12.5 Å². The van der Waals surface area contributed by atoms with Crippen LogP contribution >= 0.6 is 0 Å². The van der Waals surface area contributed by atoms with E-state index >= 15 is 0 Å². The lowest BCUT2D eigenvalue weighted by molar-refractivity contribution is 0.0226. The minimum absolute atomic E-state index is 0.155. The van der Waals surface area contributed by atoms with Crippen molar-refractivity contribution in [3.8, 4) is 5.75 Å². The molecule has 0 radical (unpaired) electrons. The zero-order valence-electron chi connectivity index (χ0n) is 12.1. The highest BCUT2D eigenvalue weighted by Crippen LogP contribution is 2.25. The van der Waals surface area contributed by atoms with Gasteiger partial charge in [0, 0.05) is 5.56 Å². The van der Waals surface area contributed by atoms with Gasteiger partial charge in [0.25, 0.3) is 0 Å². The minimum atomic E-state index is 0.155. The number of likely N-dealkylation sites (N-methyl/N-ethyl adjacent to an activating group) is 1. The van der Waals surface area contributed by atoms with Gasteiger partial charge in [-0.05, 0) is 26.0 Å². The van der Waals surface area contributed by atoms with Gasteiger partial charge in [-0.25, -0.2) is 0 Å². The summed E-state index contributed by atoms with van der Waals surface area (Å²) >= 11 is 0. The Hall–Kier alpha value is -1.06. The molecule has 0 spiro atoms. The summed E-state index contributed by atoms with van der Waals surface area (Å²) in [6.45, 7) is 7.10. The average molecular weight is 251 g/mol. The molecule has 102 valence electrons. The Morgan fingerprint density at radius 1 is 1.17 bits per heavy atom. The number of hydrogen-bond donors (Lipinski definition) is 1. The zero-order chi connectivity index (χ0) is 13.5. The Labute approximate surface area is 110 Å². The third kappa shape index (κ3) is 4.00. The van der Waals surface area contributed by atoms with Crippen LogP contribution in [-0.2, 0) is 4.74 Å². The van der Waals surface area contributed by atoms with Crippen molar-refractivity contribution in [3.05, 3.63) is 29.8 Å². The van der Waals surface area contributed by atoms with Gasteiger partial charge in [0.1, 0.15) is 5.75 Å². The Morgan fingerprint density at radius 3 is 2.39 bits per heavy atom. The molecule has 0 amide bonds. The topological polar surface area (TPSA) is 30.5 Å². The van der Waals surface area contributed by atoms with Crippen molar-refractivity contribution in [2.75, 3.05) is 20.8 Å². The fourth-order valence-electron chi connectivity index (χ4n) is 1.72. The first-order valence-electron chi connectivity index (χ1n) is 6.52. The molecule has 2 unspecified atom stereocenters. The van der Waals surface area contributed by atoms with Crippen LogP contribution in [0.15, 0.2) is 24.3 Å². The largest absolute Gasteiger partial charge is 0.496 e. The second kappa shape index (κ2) is 7.39. The Bertz CT molecular complexity index is 352. The maximum absolute atomic E-state index is 5.89. The number of hydrogen-bond acceptors (Lipinski definition) is 3. The van der Waals surface area contributed by atoms with E-state index in [1.165, 1.54) is 0 Å². The first-order valence-corrected chi connectivity index (χ1v) is 6.52. The Kier molecular flexibility index (Phi) is 6.16. The van der Waals surface area contributed by atoms with E-state index in [1.807, 2.05) is 25.2 Å². The van der Waals surface area contributed by atoms with Crippen molar-refractivity contribution in [2.24, 2.45) is 5.92 Å². The molecule has 0 bridgehead atoms. The third-order valence-corrected chi connectivity index (χ3v) is 3.33. The summed E-state index contributed by atoms with van der Waals surface area (Å²) in [4.78, 5) is 0. The highest BCUT2D eigenvalue weighted by atomic mass is 16.5. The molecule has 1 aromatic rings. The molecular formula is C15H25NO2. The van der Waals surface area contributed by atoms with Crippen LogP contribution in [0, 0.1) is 5.92 Å². The number of nitrogens with one attached hydrogen (secondary N) is 1. The standard InChI is InChI=1S/C15H25NO2/c1-11(2)12(3)18-10-14(16-4)13-8-6-7-9-15(13)17-5/h6-9,11-12,14,16H,10H2,1-5H3. The van der Waals surface area contributed by atoms with Crippen LogP contribution < -0.4 is 10.1 Å². The maximum Gasteiger partial charge on any atom is 0.123 e. The number of para-hydroxylation sites is 1. The monoisotopic (exact) mass is 251 g/mol. The lowest BCUT2D eigenvalue weighted by Crippen LogP contribution is -2.26. The summed E-state index contributed by atoms with van der Waals surface area (Å²) < 4.78 is 11.3. The fraction of sp³-hybridized carbons (Fsp3) is 0.600. The number of rotatable bonds is 7. The number of ether oxygens (including phenoxy) is 2. The van der Waals surface area contributed by atoms with Crippen LogP contribution in [-0.4, -0.2) is 26.9 Å². The van der Waals surface area contributed by atoms with Gasteiger partial charge in [0.15, 0.2) is 0 Å². The van der Waals surface area contributed by atoms with Crippen molar-refractivity contribution in [1.82, 2.24) is 5.32 Å². The second-order valence-corrected chi connectivity index (χ2v) is 4.87. The Morgan fingerprint density at radius 2 is 1.83 bits per heavy atom. The molecule has 18 heavy (non-hydrogen) atoms. The van der Waals surface area contributed by atoms with Crippen molar-refractivity contribution < 1.29 is 9.47 Å². The molecule has 0 aliphatic heterocycles. The van der Waals surface area contributed by atoms with Crippen molar-refractivity contribution >= 4 is 0 Å². The SMILES string of the molecule is CNC(COC(C)C(C)C)c1ccccc1OC. The first-order chi connectivity index (χ1) is 8.60. The summed E-state index contributed by atoms with van der Waals surface area (Å²) in [6.07, 6.45) is 0.260. The van der Waals surface area contributed by atoms with Crippen LogP contribution in [0.3, 0.4) is 0 Å². The maximum atomic E-state index is 5.89. The highest BCUT2D eigenvalue weighted by Gasteiger charge is 2.16. The summed E-state index contributed by atoms with van der Waals surface area (Å²) in [5.41, 5.74) is 1.14. The molecule has 1 aromatic carbocycles. The summed E-state index contributed by atoms with van der Waals surface area (Å²) in [7, 11) is 3.64. The first kappa shape index (κ1) is 15.0. The Balaban J connectivity index is 2.71. The molecule has 3 nitrogen and oxygen atoms in total. The zero-order valence-corrected chi connectivity index (χ0v) is 12.1. The lowest BCUT2D eigenvalue weighted by atomic mass is 10.1. The van der Waals surface area contributed by atoms with E-state index in [-0.39, 0.29) is 12.1 Å². The molecule has 2 atom stereocenters. The van der Waals surface area contributed by atoms with Gasteiger partial charge in [0.05, 0.1) is 25.9 Å². The highest BCUT2D eigenvalue weighted by molar-refractivity contribution is 5.35. The van der Waals surface area contributed by atoms with Crippen molar-refractivity contribution in [2.45, 2.75) is 32.9 Å². The summed E-state index contributed by atoms with van der Waals surface area (Å²) in [5.74, 6) is 1.43. The minimum Gasteiger partial charge on any atom is -0.496 e. The van der Waals surface area contributed by atoms with Gasteiger partial charge >= 0.3 is 0 Å². The summed E-state index contributed by atoms with van der Waals surface area (Å²) in [5, 5.41) is 3.28. The molecule has 0 aliphatic rings. The second-order valence-electron chi connectivity index (χ2n) is 4.87. The normalized spacial score (nSPS) is 14.6. The van der Waals surface area contributed by atoms with Crippen LogP contribution in [0.5, 0.6) is 5.75 Å². The van der Waals surface area contributed by atoms with Gasteiger partial charge in [-0.15, -0.1) is 0 Å². The number of benzene rings is 1. The lowest BCUT2D eigenvalue weighted by Gasteiger charge is -2.23. The molecule has 3 heteroatoms. The van der Waals surface area contributed by atoms with Gasteiger partial charge in [0.2, 0.25) is 0 Å². The smallest absolute Gasteiger partial charge is 0.123 e. The van der Waals surface area contributed by atoms with E-state index in [9.17, 15) is 0 Å². The van der Waals surface area contributed by atoms with E-state index in [4.69, 9.17) is 9.47 Å². The van der Waals surface area contributed by atoms with E-state index in [2.05, 4.69) is 32.2 Å². The third-order valence-electron chi connectivity index (χ3n) is 3.33. The molecule has 0 aromatic heterocycles. The van der Waals surface area contributed by atoms with E-state index in [1.54, 1.807) is 7.11 Å². The fourth-order valence-corrected chi connectivity index (χ4v) is 1.72. The quantitative estimate of drug-likeness (QED) is 0.808. The molecule has 0 saturated heterocycles. The predicted molar refractivity (Wildman–Crippen MR) is 75.0 cm³/mol. The van der Waals surface area contributed by atoms with Crippen LogP contribution in [0.2, 0.25) is 0 Å². The van der Waals surface area contributed by atoms with Gasteiger partial charge in [-0.3, -0.25) is 0 Å². The van der Waals surface area contributed by atoms with Crippen LogP contribution in [0.4, 0.5) is 0 Å².